The third kappa shape index (κ3) is 4.40. The average Bonchev–Trinajstić information content (AvgIpc) is 3.08. The lowest BCUT2D eigenvalue weighted by molar-refractivity contribution is -0.133. The van der Waals surface area contributed by atoms with E-state index in [-0.39, 0.29) is 5.91 Å². The SMILES string of the molecule is C=CC(=O)N1CC(N2CCC(c3cc(Cl)c4c(c3)Nc3ncnc(N5CCOCC5)c3CO4)CC2)C1. The van der Waals surface area contributed by atoms with Gasteiger partial charge in [0.15, 0.2) is 5.75 Å². The van der Waals surface area contributed by atoms with Crippen molar-refractivity contribution in [1.29, 1.82) is 0 Å². The fraction of sp³-hybridized carbons (Fsp3) is 0.500. The maximum atomic E-state index is 11.8. The summed E-state index contributed by atoms with van der Waals surface area (Å²) in [6, 6.07) is 4.68. The van der Waals surface area contributed by atoms with Crippen molar-refractivity contribution < 1.29 is 14.3 Å². The molecule has 1 aromatic heterocycles. The fourth-order valence-electron chi connectivity index (χ4n) is 5.65. The number of piperidine rings is 1. The zero-order valence-electron chi connectivity index (χ0n) is 20.3. The van der Waals surface area contributed by atoms with E-state index in [0.29, 0.717) is 42.6 Å². The van der Waals surface area contributed by atoms with Crippen molar-refractivity contribution in [2.24, 2.45) is 0 Å². The van der Waals surface area contributed by atoms with E-state index in [9.17, 15) is 4.79 Å². The van der Waals surface area contributed by atoms with Gasteiger partial charge in [0.2, 0.25) is 5.91 Å². The van der Waals surface area contributed by atoms with Crippen molar-refractivity contribution in [3.8, 4) is 5.75 Å². The Balaban J connectivity index is 1.16. The maximum absolute atomic E-state index is 11.8. The van der Waals surface area contributed by atoms with Crippen molar-refractivity contribution in [2.75, 3.05) is 62.7 Å². The minimum absolute atomic E-state index is 0.0272. The molecule has 1 N–H and O–H groups in total. The number of fused-ring (bicyclic) bond motifs is 2. The molecule has 0 aliphatic carbocycles. The highest BCUT2D eigenvalue weighted by Gasteiger charge is 2.36. The third-order valence-corrected chi connectivity index (χ3v) is 8.06. The first-order valence-corrected chi connectivity index (χ1v) is 13.0. The van der Waals surface area contributed by atoms with Crippen molar-refractivity contribution in [3.63, 3.8) is 0 Å². The second kappa shape index (κ2) is 9.88. The summed E-state index contributed by atoms with van der Waals surface area (Å²) >= 11 is 6.76. The summed E-state index contributed by atoms with van der Waals surface area (Å²) in [5.74, 6) is 2.76. The molecule has 0 radical (unpaired) electrons. The largest absolute Gasteiger partial charge is 0.485 e. The number of nitrogens with zero attached hydrogens (tertiary/aromatic N) is 5. The molecule has 3 saturated heterocycles. The van der Waals surface area contributed by atoms with Crippen LogP contribution in [0.4, 0.5) is 17.3 Å². The Bertz CT molecular complexity index is 1160. The van der Waals surface area contributed by atoms with E-state index in [0.717, 1.165) is 75.0 Å². The fourth-order valence-corrected chi connectivity index (χ4v) is 5.93. The van der Waals surface area contributed by atoms with Crippen LogP contribution in [0.15, 0.2) is 31.1 Å². The van der Waals surface area contributed by atoms with E-state index in [2.05, 4.69) is 43.8 Å². The number of nitrogens with one attached hydrogen (secondary N) is 1. The van der Waals surface area contributed by atoms with Gasteiger partial charge in [0, 0.05) is 32.2 Å². The quantitative estimate of drug-likeness (QED) is 0.628. The normalized spacial score (nSPS) is 20.9. The van der Waals surface area contributed by atoms with E-state index in [4.69, 9.17) is 21.1 Å². The summed E-state index contributed by atoms with van der Waals surface area (Å²) in [7, 11) is 0. The van der Waals surface area contributed by atoms with Crippen molar-refractivity contribution in [3.05, 3.63) is 47.3 Å². The second-order valence-corrected chi connectivity index (χ2v) is 10.2. The van der Waals surface area contributed by atoms with Gasteiger partial charge in [-0.1, -0.05) is 18.2 Å². The lowest BCUT2D eigenvalue weighted by atomic mass is 9.88. The van der Waals surface area contributed by atoms with Crippen LogP contribution in [0, 0.1) is 0 Å². The van der Waals surface area contributed by atoms with Gasteiger partial charge in [0.25, 0.3) is 0 Å². The predicted octanol–water partition coefficient (Wildman–Crippen LogP) is 3.18. The number of morpholine rings is 1. The van der Waals surface area contributed by atoms with E-state index < -0.39 is 0 Å². The van der Waals surface area contributed by atoms with Crippen molar-refractivity contribution >= 4 is 34.8 Å². The number of benzene rings is 1. The van der Waals surface area contributed by atoms with Gasteiger partial charge in [-0.05, 0) is 55.6 Å². The molecule has 36 heavy (non-hydrogen) atoms. The maximum Gasteiger partial charge on any atom is 0.246 e. The molecule has 10 heteroatoms. The van der Waals surface area contributed by atoms with Crippen LogP contribution in [0.3, 0.4) is 0 Å². The summed E-state index contributed by atoms with van der Waals surface area (Å²) in [5.41, 5.74) is 3.01. The Hall–Kier alpha value is -2.88. The molecule has 0 saturated carbocycles. The molecule has 5 heterocycles. The molecule has 0 bridgehead atoms. The number of anilines is 3. The Morgan fingerprint density at radius 1 is 1.14 bits per heavy atom. The van der Waals surface area contributed by atoms with Gasteiger partial charge in [-0.25, -0.2) is 9.97 Å². The molecule has 4 aliphatic heterocycles. The van der Waals surface area contributed by atoms with E-state index >= 15 is 0 Å². The zero-order valence-corrected chi connectivity index (χ0v) is 21.0. The van der Waals surface area contributed by atoms with Crippen LogP contribution in [-0.4, -0.2) is 84.2 Å². The highest BCUT2D eigenvalue weighted by molar-refractivity contribution is 6.32. The molecular formula is C26H31ClN6O3. The van der Waals surface area contributed by atoms with Crippen LogP contribution >= 0.6 is 11.6 Å². The van der Waals surface area contributed by atoms with E-state index in [1.165, 1.54) is 11.6 Å². The number of aromatic nitrogens is 2. The van der Waals surface area contributed by atoms with Crippen molar-refractivity contribution in [2.45, 2.75) is 31.4 Å². The average molecular weight is 511 g/mol. The zero-order chi connectivity index (χ0) is 24.6. The summed E-state index contributed by atoms with van der Waals surface area (Å²) in [5, 5.41) is 4.11. The molecule has 4 aliphatic rings. The molecule has 0 atom stereocenters. The highest BCUT2D eigenvalue weighted by atomic mass is 35.5. The number of likely N-dealkylation sites (tertiary alicyclic amines) is 2. The van der Waals surface area contributed by atoms with Gasteiger partial charge in [0.05, 0.1) is 29.5 Å². The first kappa shape index (κ1) is 23.5. The number of carbonyl (C=O) groups is 1. The number of amides is 1. The predicted molar refractivity (Wildman–Crippen MR) is 138 cm³/mol. The Morgan fingerprint density at radius 3 is 2.67 bits per heavy atom. The number of halogens is 1. The Morgan fingerprint density at radius 2 is 1.92 bits per heavy atom. The first-order chi connectivity index (χ1) is 17.6. The highest BCUT2D eigenvalue weighted by Crippen LogP contribution is 2.43. The van der Waals surface area contributed by atoms with Crippen LogP contribution in [0.25, 0.3) is 0 Å². The topological polar surface area (TPSA) is 83.1 Å². The molecule has 6 rings (SSSR count). The Labute approximate surface area is 216 Å². The second-order valence-electron chi connectivity index (χ2n) is 9.83. The van der Waals surface area contributed by atoms with Crippen molar-refractivity contribution in [1.82, 2.24) is 19.8 Å². The number of ether oxygens (including phenoxy) is 2. The first-order valence-electron chi connectivity index (χ1n) is 12.7. The number of hydrogen-bond acceptors (Lipinski definition) is 8. The van der Waals surface area contributed by atoms with Gasteiger partial charge in [0.1, 0.15) is 24.6 Å². The lowest BCUT2D eigenvalue weighted by Gasteiger charge is -2.47. The molecule has 0 unspecified atom stereocenters. The molecule has 3 fully saturated rings. The van der Waals surface area contributed by atoms with E-state index in [1.54, 1.807) is 6.33 Å². The molecule has 9 nitrogen and oxygen atoms in total. The number of carbonyl (C=O) groups excluding carboxylic acids is 1. The van der Waals surface area contributed by atoms with Crippen LogP contribution in [0.2, 0.25) is 5.02 Å². The summed E-state index contributed by atoms with van der Waals surface area (Å²) < 4.78 is 11.7. The van der Waals surface area contributed by atoms with Crippen LogP contribution < -0.4 is 15.0 Å². The van der Waals surface area contributed by atoms with Gasteiger partial charge in [-0.2, -0.15) is 0 Å². The van der Waals surface area contributed by atoms with Crippen LogP contribution in [0.1, 0.15) is 29.9 Å². The van der Waals surface area contributed by atoms with Crippen LogP contribution in [0.5, 0.6) is 5.75 Å². The molecular weight excluding hydrogens is 480 g/mol. The Kier molecular flexibility index (Phi) is 6.45. The van der Waals surface area contributed by atoms with Gasteiger partial charge in [-0.15, -0.1) is 0 Å². The number of hydrogen-bond donors (Lipinski definition) is 1. The molecule has 1 aromatic carbocycles. The number of rotatable bonds is 4. The lowest BCUT2D eigenvalue weighted by Crippen LogP contribution is -2.61. The minimum Gasteiger partial charge on any atom is -0.485 e. The molecule has 190 valence electrons. The standard InChI is InChI=1S/C26H31ClN6O3/c1-2-23(34)33-13-19(14-33)31-5-3-17(4-6-31)18-11-21(27)24-22(12-18)30-25-20(15-36-24)26(29-16-28-25)32-7-9-35-10-8-32/h2,11-12,16-17,19H,1,3-10,13-15H2,(H,28,29,30). The third-order valence-electron chi connectivity index (χ3n) is 7.78. The van der Waals surface area contributed by atoms with E-state index in [1.807, 2.05) is 4.90 Å². The molecule has 1 amide bonds. The smallest absolute Gasteiger partial charge is 0.246 e. The van der Waals surface area contributed by atoms with Crippen LogP contribution in [-0.2, 0) is 16.1 Å². The summed E-state index contributed by atoms with van der Waals surface area (Å²) in [6.45, 7) is 10.5. The summed E-state index contributed by atoms with van der Waals surface area (Å²) in [6.07, 6.45) is 5.12. The summed E-state index contributed by atoms with van der Waals surface area (Å²) in [4.78, 5) is 27.4. The van der Waals surface area contributed by atoms with Gasteiger partial charge >= 0.3 is 0 Å². The molecule has 2 aromatic rings. The monoisotopic (exact) mass is 510 g/mol. The van der Waals surface area contributed by atoms with Gasteiger partial charge < -0.3 is 24.6 Å². The minimum atomic E-state index is 0.0272. The molecule has 0 spiro atoms. The van der Waals surface area contributed by atoms with Gasteiger partial charge in [-0.3, -0.25) is 9.69 Å².